The molecule has 2 saturated carbocycles. The van der Waals surface area contributed by atoms with Crippen LogP contribution in [0.1, 0.15) is 76.6 Å². The maximum atomic E-state index is 14.9. The highest BCUT2D eigenvalue weighted by Gasteiger charge is 2.41. The van der Waals surface area contributed by atoms with E-state index in [2.05, 4.69) is 10.6 Å². The molecule has 0 aromatic heterocycles. The Morgan fingerprint density at radius 3 is 2.29 bits per heavy atom. The molecule has 9 nitrogen and oxygen atoms in total. The second-order valence-electron chi connectivity index (χ2n) is 12.0. The number of carbonyl (C=O) groups is 3. The van der Waals surface area contributed by atoms with E-state index in [0.29, 0.717) is 45.1 Å². The number of carboxylic acids is 1. The van der Waals surface area contributed by atoms with Crippen molar-refractivity contribution in [2.24, 2.45) is 16.7 Å². The number of ether oxygens (including phenoxy) is 3. The van der Waals surface area contributed by atoms with Crippen molar-refractivity contribution >= 4 is 17.8 Å². The summed E-state index contributed by atoms with van der Waals surface area (Å²) in [6.07, 6.45) is 2.15. The highest BCUT2D eigenvalue weighted by Crippen LogP contribution is 2.39. The van der Waals surface area contributed by atoms with E-state index in [4.69, 9.17) is 14.2 Å². The highest BCUT2D eigenvalue weighted by molar-refractivity contribution is 5.98. The van der Waals surface area contributed by atoms with E-state index in [1.54, 1.807) is 14.0 Å². The van der Waals surface area contributed by atoms with Crippen LogP contribution in [0.2, 0.25) is 0 Å². The topological polar surface area (TPSA) is 123 Å². The normalized spacial score (nSPS) is 27.4. The SMILES string of the molecule is COc1cc(F)c(OC2CCC(C)(C(=O)O)CC2)cc1C(=O)N[C@H]1C[C@H](OC)CC1C(=O)NCC(C)(C)C. The lowest BCUT2D eigenvalue weighted by atomic mass is 9.75. The Morgan fingerprint density at radius 2 is 1.74 bits per heavy atom. The van der Waals surface area contributed by atoms with Crippen molar-refractivity contribution in [3.05, 3.63) is 23.5 Å². The molecular weight excluding hydrogens is 495 g/mol. The van der Waals surface area contributed by atoms with Crippen LogP contribution >= 0.6 is 0 Å². The van der Waals surface area contributed by atoms with Gasteiger partial charge in [0.25, 0.3) is 5.91 Å². The minimum atomic E-state index is -0.849. The number of halogens is 1. The largest absolute Gasteiger partial charge is 0.496 e. The lowest BCUT2D eigenvalue weighted by Gasteiger charge is -2.34. The van der Waals surface area contributed by atoms with Gasteiger partial charge in [-0.15, -0.1) is 0 Å². The number of nitrogens with one attached hydrogen (secondary N) is 2. The average molecular weight is 537 g/mol. The molecule has 1 unspecified atom stereocenters. The lowest BCUT2D eigenvalue weighted by molar-refractivity contribution is -0.150. The van der Waals surface area contributed by atoms with Crippen LogP contribution < -0.4 is 20.1 Å². The molecule has 2 amide bonds. The summed E-state index contributed by atoms with van der Waals surface area (Å²) in [6, 6.07) is 1.94. The van der Waals surface area contributed by atoms with Gasteiger partial charge in [0.05, 0.1) is 36.2 Å². The summed E-state index contributed by atoms with van der Waals surface area (Å²) in [6.45, 7) is 8.28. The predicted octanol–water partition coefficient (Wildman–Crippen LogP) is 3.93. The maximum Gasteiger partial charge on any atom is 0.309 e. The van der Waals surface area contributed by atoms with Crippen LogP contribution in [0.15, 0.2) is 12.1 Å². The number of aliphatic carboxylic acids is 1. The Morgan fingerprint density at radius 1 is 1.08 bits per heavy atom. The Kier molecular flexibility index (Phi) is 9.28. The van der Waals surface area contributed by atoms with Crippen molar-refractivity contribution in [2.75, 3.05) is 20.8 Å². The number of methoxy groups -OCH3 is 2. The zero-order chi connectivity index (χ0) is 28.3. The number of carbonyl (C=O) groups excluding carboxylic acids is 2. The maximum absolute atomic E-state index is 14.9. The molecule has 3 atom stereocenters. The van der Waals surface area contributed by atoms with Crippen molar-refractivity contribution < 1.29 is 38.1 Å². The van der Waals surface area contributed by atoms with Crippen molar-refractivity contribution in [3.63, 3.8) is 0 Å². The monoisotopic (exact) mass is 536 g/mol. The molecule has 0 saturated heterocycles. The number of benzene rings is 1. The van der Waals surface area contributed by atoms with Crippen LogP contribution in [-0.4, -0.2) is 61.9 Å². The van der Waals surface area contributed by atoms with Crippen molar-refractivity contribution in [1.29, 1.82) is 0 Å². The number of hydrogen-bond donors (Lipinski definition) is 3. The molecule has 2 aliphatic carbocycles. The first-order valence-corrected chi connectivity index (χ1v) is 13.2. The van der Waals surface area contributed by atoms with Crippen LogP contribution in [0.4, 0.5) is 4.39 Å². The standard InChI is InChI=1S/C28H41FN2O7/c1-27(2,3)15-30-24(32)18-11-17(36-5)12-21(18)31-25(33)19-13-23(20(29)14-22(19)37-6)38-16-7-9-28(4,10-8-16)26(34)35/h13-14,16-18,21H,7-12,15H2,1-6H3,(H,30,32)(H,31,33)(H,34,35)/t16?,17-,18?,21+,28?/m1/s1. The highest BCUT2D eigenvalue weighted by atomic mass is 19.1. The van der Waals surface area contributed by atoms with Gasteiger partial charge in [0.15, 0.2) is 11.6 Å². The van der Waals surface area contributed by atoms with Crippen LogP contribution in [0.5, 0.6) is 11.5 Å². The number of amides is 2. The molecule has 0 bridgehead atoms. The van der Waals surface area contributed by atoms with Crippen molar-refractivity contribution in [1.82, 2.24) is 10.6 Å². The smallest absolute Gasteiger partial charge is 0.309 e. The first-order chi connectivity index (χ1) is 17.8. The fraction of sp³-hybridized carbons (Fsp3) is 0.679. The third-order valence-corrected chi connectivity index (χ3v) is 7.64. The number of hydrogen-bond acceptors (Lipinski definition) is 6. The summed E-state index contributed by atoms with van der Waals surface area (Å²) >= 11 is 0. The molecule has 0 radical (unpaired) electrons. The minimum absolute atomic E-state index is 0.0458. The summed E-state index contributed by atoms with van der Waals surface area (Å²) in [5.74, 6) is -2.71. The molecule has 3 N–H and O–H groups in total. The summed E-state index contributed by atoms with van der Waals surface area (Å²) in [7, 11) is 2.93. The van der Waals surface area contributed by atoms with Gasteiger partial charge in [0.1, 0.15) is 5.75 Å². The number of rotatable bonds is 9. The van der Waals surface area contributed by atoms with Crippen molar-refractivity contribution in [3.8, 4) is 11.5 Å². The first kappa shape index (κ1) is 29.7. The number of carboxylic acid groups (broad SMARTS) is 1. The molecule has 0 aliphatic heterocycles. The molecule has 2 fully saturated rings. The van der Waals surface area contributed by atoms with Gasteiger partial charge in [-0.05, 0) is 56.9 Å². The van der Waals surface area contributed by atoms with E-state index in [0.717, 1.165) is 6.07 Å². The zero-order valence-electron chi connectivity index (χ0n) is 23.2. The van der Waals surface area contributed by atoms with E-state index in [1.807, 2.05) is 20.8 Å². The Hall–Kier alpha value is -2.88. The summed E-state index contributed by atoms with van der Waals surface area (Å²) in [5, 5.41) is 15.4. The van der Waals surface area contributed by atoms with Gasteiger partial charge in [-0.2, -0.15) is 0 Å². The lowest BCUT2D eigenvalue weighted by Crippen LogP contribution is -2.45. The first-order valence-electron chi connectivity index (χ1n) is 13.2. The summed E-state index contributed by atoms with van der Waals surface area (Å²) < 4.78 is 31.5. The van der Waals surface area contributed by atoms with E-state index in [-0.39, 0.29) is 40.6 Å². The quantitative estimate of drug-likeness (QED) is 0.437. The second kappa shape index (κ2) is 11.9. The molecule has 1 aromatic carbocycles. The Balaban J connectivity index is 1.75. The van der Waals surface area contributed by atoms with Gasteiger partial charge in [0.2, 0.25) is 5.91 Å². The molecule has 3 rings (SSSR count). The van der Waals surface area contributed by atoms with Crippen molar-refractivity contribution in [2.45, 2.75) is 84.5 Å². The third kappa shape index (κ3) is 7.15. The molecular formula is C28H41FN2O7. The van der Waals surface area contributed by atoms with Crippen LogP contribution in [0.25, 0.3) is 0 Å². The minimum Gasteiger partial charge on any atom is -0.496 e. The molecule has 10 heteroatoms. The van der Waals surface area contributed by atoms with Crippen LogP contribution in [0.3, 0.4) is 0 Å². The molecule has 0 heterocycles. The van der Waals surface area contributed by atoms with E-state index >= 15 is 0 Å². The average Bonchev–Trinajstić information content (AvgIpc) is 3.27. The van der Waals surface area contributed by atoms with E-state index in [9.17, 15) is 23.9 Å². The second-order valence-corrected chi connectivity index (χ2v) is 12.0. The molecule has 0 spiro atoms. The molecule has 2 aliphatic rings. The van der Waals surface area contributed by atoms with E-state index in [1.165, 1.54) is 13.2 Å². The van der Waals surface area contributed by atoms with Gasteiger partial charge >= 0.3 is 5.97 Å². The van der Waals surface area contributed by atoms with E-state index < -0.39 is 35.1 Å². The van der Waals surface area contributed by atoms with Gasteiger partial charge in [-0.1, -0.05) is 20.8 Å². The van der Waals surface area contributed by atoms with Crippen LogP contribution in [-0.2, 0) is 14.3 Å². The zero-order valence-corrected chi connectivity index (χ0v) is 23.2. The Bertz CT molecular complexity index is 1030. The fourth-order valence-corrected chi connectivity index (χ4v) is 5.07. The van der Waals surface area contributed by atoms with Gasteiger partial charge < -0.3 is 30.0 Å². The van der Waals surface area contributed by atoms with Crippen LogP contribution in [0, 0.1) is 22.6 Å². The van der Waals surface area contributed by atoms with Gasteiger partial charge in [0, 0.05) is 25.8 Å². The Labute approximate surface area is 223 Å². The molecule has 1 aromatic rings. The predicted molar refractivity (Wildman–Crippen MR) is 139 cm³/mol. The molecule has 212 valence electrons. The summed E-state index contributed by atoms with van der Waals surface area (Å²) in [5.41, 5.74) is -0.818. The van der Waals surface area contributed by atoms with Gasteiger partial charge in [-0.3, -0.25) is 14.4 Å². The molecule has 38 heavy (non-hydrogen) atoms. The fourth-order valence-electron chi connectivity index (χ4n) is 5.07. The third-order valence-electron chi connectivity index (χ3n) is 7.64. The van der Waals surface area contributed by atoms with Gasteiger partial charge in [-0.25, -0.2) is 4.39 Å². The summed E-state index contributed by atoms with van der Waals surface area (Å²) in [4.78, 5) is 37.9.